The molecule has 1 fully saturated rings. The van der Waals surface area contributed by atoms with E-state index in [1.54, 1.807) is 0 Å². The Morgan fingerprint density at radius 1 is 1.18 bits per heavy atom. The monoisotopic (exact) mass is 241 g/mol. The van der Waals surface area contributed by atoms with Gasteiger partial charge in [0.1, 0.15) is 0 Å². The zero-order chi connectivity index (χ0) is 12.5. The molecule has 1 aliphatic rings. The molecule has 1 heterocycles. The zero-order valence-corrected chi connectivity index (χ0v) is 12.0. The molecule has 0 aromatic carbocycles. The van der Waals surface area contributed by atoms with Gasteiger partial charge in [-0.2, -0.15) is 0 Å². The van der Waals surface area contributed by atoms with Gasteiger partial charge in [0.15, 0.2) is 0 Å². The van der Waals surface area contributed by atoms with Crippen molar-refractivity contribution in [2.24, 2.45) is 0 Å². The predicted molar refractivity (Wildman–Crippen MR) is 75.0 cm³/mol. The molecule has 1 unspecified atom stereocenters. The number of rotatable bonds is 8. The maximum Gasteiger partial charge on any atom is 0.0240 e. The standard InChI is InChI=1S/C14H31N3/c1-4-14-10-7-8-13-17(14)15-11-9-12-16(5-2)6-3/h14-15H,4-13H2,1-3H3. The number of hydrogen-bond donors (Lipinski definition) is 1. The van der Waals surface area contributed by atoms with Gasteiger partial charge < -0.3 is 4.90 Å². The van der Waals surface area contributed by atoms with Gasteiger partial charge in [0.25, 0.3) is 0 Å². The van der Waals surface area contributed by atoms with Crippen molar-refractivity contribution in [2.75, 3.05) is 32.7 Å². The molecule has 1 atom stereocenters. The van der Waals surface area contributed by atoms with Crippen molar-refractivity contribution < 1.29 is 0 Å². The molecule has 0 spiro atoms. The van der Waals surface area contributed by atoms with E-state index in [2.05, 4.69) is 36.1 Å². The second-order valence-electron chi connectivity index (χ2n) is 5.04. The van der Waals surface area contributed by atoms with Crippen LogP contribution in [-0.2, 0) is 0 Å². The van der Waals surface area contributed by atoms with Crippen LogP contribution in [0.4, 0.5) is 0 Å². The number of nitrogens with zero attached hydrogens (tertiary/aromatic N) is 2. The number of hydrogen-bond acceptors (Lipinski definition) is 3. The van der Waals surface area contributed by atoms with E-state index in [1.807, 2.05) is 0 Å². The summed E-state index contributed by atoms with van der Waals surface area (Å²) in [6, 6.07) is 0.775. The highest BCUT2D eigenvalue weighted by molar-refractivity contribution is 4.72. The molecule has 1 N–H and O–H groups in total. The van der Waals surface area contributed by atoms with E-state index in [1.165, 1.54) is 58.3 Å². The van der Waals surface area contributed by atoms with Crippen molar-refractivity contribution in [1.82, 2.24) is 15.3 Å². The number of hydrazine groups is 1. The highest BCUT2D eigenvalue weighted by Gasteiger charge is 2.19. The molecule has 3 heteroatoms. The second-order valence-corrected chi connectivity index (χ2v) is 5.04. The number of piperidine rings is 1. The zero-order valence-electron chi connectivity index (χ0n) is 12.0. The summed E-state index contributed by atoms with van der Waals surface area (Å²) in [6.45, 7) is 12.8. The summed E-state index contributed by atoms with van der Waals surface area (Å²) in [5.74, 6) is 0. The first-order chi connectivity index (χ1) is 8.31. The van der Waals surface area contributed by atoms with Crippen molar-refractivity contribution in [1.29, 1.82) is 0 Å². The lowest BCUT2D eigenvalue weighted by Gasteiger charge is -2.35. The molecule has 1 rings (SSSR count). The van der Waals surface area contributed by atoms with Gasteiger partial charge >= 0.3 is 0 Å². The first kappa shape index (κ1) is 14.9. The first-order valence-corrected chi connectivity index (χ1v) is 7.54. The normalized spacial score (nSPS) is 22.2. The summed E-state index contributed by atoms with van der Waals surface area (Å²) >= 11 is 0. The Balaban J connectivity index is 2.12. The molecule has 0 radical (unpaired) electrons. The topological polar surface area (TPSA) is 18.5 Å². The molecule has 1 saturated heterocycles. The summed E-state index contributed by atoms with van der Waals surface area (Å²) in [4.78, 5) is 2.50. The van der Waals surface area contributed by atoms with Crippen LogP contribution in [0.3, 0.4) is 0 Å². The van der Waals surface area contributed by atoms with Crippen molar-refractivity contribution >= 4 is 0 Å². The molecule has 0 aromatic heterocycles. The summed E-state index contributed by atoms with van der Waals surface area (Å²) < 4.78 is 0. The van der Waals surface area contributed by atoms with E-state index in [-0.39, 0.29) is 0 Å². The van der Waals surface area contributed by atoms with Gasteiger partial charge in [-0.25, -0.2) is 5.01 Å². The van der Waals surface area contributed by atoms with Crippen LogP contribution in [0.15, 0.2) is 0 Å². The van der Waals surface area contributed by atoms with Crippen LogP contribution in [0.5, 0.6) is 0 Å². The predicted octanol–water partition coefficient (Wildman–Crippen LogP) is 2.49. The minimum absolute atomic E-state index is 0.775. The molecule has 102 valence electrons. The third-order valence-electron chi connectivity index (χ3n) is 3.96. The molecular weight excluding hydrogens is 210 g/mol. The lowest BCUT2D eigenvalue weighted by atomic mass is 10.0. The highest BCUT2D eigenvalue weighted by atomic mass is 15.5. The average molecular weight is 241 g/mol. The summed E-state index contributed by atoms with van der Waals surface area (Å²) in [5, 5.41) is 2.49. The van der Waals surface area contributed by atoms with E-state index in [0.717, 1.165) is 12.6 Å². The third-order valence-corrected chi connectivity index (χ3v) is 3.96. The molecule has 0 saturated carbocycles. The van der Waals surface area contributed by atoms with Crippen molar-refractivity contribution in [3.63, 3.8) is 0 Å². The first-order valence-electron chi connectivity index (χ1n) is 7.54. The second kappa shape index (κ2) is 8.90. The fourth-order valence-electron chi connectivity index (χ4n) is 2.70. The Labute approximate surface area is 108 Å². The molecule has 0 aliphatic carbocycles. The van der Waals surface area contributed by atoms with E-state index < -0.39 is 0 Å². The Kier molecular flexibility index (Phi) is 7.82. The van der Waals surface area contributed by atoms with E-state index in [9.17, 15) is 0 Å². The van der Waals surface area contributed by atoms with Gasteiger partial charge in [0, 0.05) is 19.1 Å². The average Bonchev–Trinajstić information content (AvgIpc) is 2.39. The third kappa shape index (κ3) is 5.36. The molecule has 3 nitrogen and oxygen atoms in total. The highest BCUT2D eigenvalue weighted by Crippen LogP contribution is 2.16. The van der Waals surface area contributed by atoms with Gasteiger partial charge in [0.2, 0.25) is 0 Å². The van der Waals surface area contributed by atoms with Crippen molar-refractivity contribution in [3.8, 4) is 0 Å². The minimum Gasteiger partial charge on any atom is -0.304 e. The van der Waals surface area contributed by atoms with E-state index >= 15 is 0 Å². The smallest absolute Gasteiger partial charge is 0.0240 e. The van der Waals surface area contributed by atoms with Gasteiger partial charge in [0.05, 0.1) is 0 Å². The molecule has 0 aromatic rings. The molecule has 1 aliphatic heterocycles. The summed E-state index contributed by atoms with van der Waals surface area (Å²) in [5.41, 5.74) is 3.63. The van der Waals surface area contributed by atoms with Crippen molar-refractivity contribution in [2.45, 2.75) is 58.9 Å². The van der Waals surface area contributed by atoms with Crippen molar-refractivity contribution in [3.05, 3.63) is 0 Å². The molecule has 0 bridgehead atoms. The van der Waals surface area contributed by atoms with E-state index in [0.29, 0.717) is 0 Å². The van der Waals surface area contributed by atoms with E-state index in [4.69, 9.17) is 0 Å². The van der Waals surface area contributed by atoms with Gasteiger partial charge in [-0.15, -0.1) is 0 Å². The maximum absolute atomic E-state index is 3.63. The quantitative estimate of drug-likeness (QED) is 0.659. The van der Waals surface area contributed by atoms with Gasteiger partial charge in [-0.1, -0.05) is 27.2 Å². The fourth-order valence-corrected chi connectivity index (χ4v) is 2.70. The fraction of sp³-hybridized carbons (Fsp3) is 1.00. The van der Waals surface area contributed by atoms with Crippen LogP contribution < -0.4 is 5.43 Å². The largest absolute Gasteiger partial charge is 0.304 e. The molecular formula is C14H31N3. The summed E-state index contributed by atoms with van der Waals surface area (Å²) in [7, 11) is 0. The summed E-state index contributed by atoms with van der Waals surface area (Å²) in [6.07, 6.45) is 6.69. The maximum atomic E-state index is 3.63. The lowest BCUT2D eigenvalue weighted by molar-refractivity contribution is 0.0814. The lowest BCUT2D eigenvalue weighted by Crippen LogP contribution is -2.48. The Morgan fingerprint density at radius 2 is 1.94 bits per heavy atom. The van der Waals surface area contributed by atoms with Gasteiger partial charge in [-0.05, 0) is 45.3 Å². The van der Waals surface area contributed by atoms with Crippen LogP contribution in [0, 0.1) is 0 Å². The van der Waals surface area contributed by atoms with Gasteiger partial charge in [-0.3, -0.25) is 5.43 Å². The van der Waals surface area contributed by atoms with Crippen LogP contribution in [-0.4, -0.2) is 48.7 Å². The molecule has 17 heavy (non-hydrogen) atoms. The van der Waals surface area contributed by atoms with Crippen LogP contribution >= 0.6 is 0 Å². The Hall–Kier alpha value is -0.120. The van der Waals surface area contributed by atoms with Crippen LogP contribution in [0.1, 0.15) is 52.9 Å². The minimum atomic E-state index is 0.775. The Bertz CT molecular complexity index is 180. The SMILES string of the molecule is CCC1CCCCN1NCCCN(CC)CC. The Morgan fingerprint density at radius 3 is 2.59 bits per heavy atom. The number of nitrogens with one attached hydrogen (secondary N) is 1. The van der Waals surface area contributed by atoms with Crippen LogP contribution in [0.25, 0.3) is 0 Å². The molecule has 0 amide bonds. The van der Waals surface area contributed by atoms with Crippen LogP contribution in [0.2, 0.25) is 0 Å².